The number of piperidine rings is 1. The summed E-state index contributed by atoms with van der Waals surface area (Å²) < 4.78 is 7.75. The number of nitrogens with zero attached hydrogens (tertiary/aromatic N) is 2. The number of thiophene rings is 1. The minimum absolute atomic E-state index is 0.0142. The zero-order valence-electron chi connectivity index (χ0n) is 20.0. The highest BCUT2D eigenvalue weighted by atomic mass is 79.9. The minimum Gasteiger partial charge on any atom is -0.487 e. The van der Waals surface area contributed by atoms with E-state index in [-0.39, 0.29) is 24.1 Å². The average Bonchev–Trinajstić information content (AvgIpc) is 3.45. The second-order valence-corrected chi connectivity index (χ2v) is 13.0. The Balaban J connectivity index is 1.24. The molecule has 1 N–H and O–H groups in total. The molecule has 5 atom stereocenters. The van der Waals surface area contributed by atoms with Crippen LogP contribution in [0.25, 0.3) is 6.08 Å². The molecule has 184 valence electrons. The largest absolute Gasteiger partial charge is 0.487 e. The first kappa shape index (κ1) is 22.5. The maximum absolute atomic E-state index is 13.3. The van der Waals surface area contributed by atoms with Crippen molar-refractivity contribution in [3.63, 3.8) is 0 Å². The predicted octanol–water partition coefficient (Wildman–Crippen LogP) is 4.62. The van der Waals surface area contributed by atoms with Crippen LogP contribution in [0.4, 0.5) is 0 Å². The number of carbonyl (C=O) groups excluding carboxylic acids is 1. The Hall–Kier alpha value is -1.67. The Labute approximate surface area is 218 Å². The maximum atomic E-state index is 13.3. The van der Waals surface area contributed by atoms with Gasteiger partial charge >= 0.3 is 0 Å². The van der Waals surface area contributed by atoms with Crippen molar-refractivity contribution in [2.45, 2.75) is 67.7 Å². The molecule has 2 aromatic rings. The van der Waals surface area contributed by atoms with Gasteiger partial charge < -0.3 is 14.7 Å². The lowest BCUT2D eigenvalue weighted by molar-refractivity contribution is -0.200. The van der Waals surface area contributed by atoms with Crippen LogP contribution in [0.5, 0.6) is 5.75 Å². The third kappa shape index (κ3) is 3.20. The van der Waals surface area contributed by atoms with Gasteiger partial charge in [0.1, 0.15) is 11.9 Å². The molecule has 1 aromatic carbocycles. The van der Waals surface area contributed by atoms with Gasteiger partial charge in [-0.05, 0) is 90.7 Å². The number of amides is 1. The smallest absolute Gasteiger partial charge is 0.246 e. The summed E-state index contributed by atoms with van der Waals surface area (Å²) in [6, 6.07) is 8.47. The minimum atomic E-state index is -0.816. The van der Waals surface area contributed by atoms with Gasteiger partial charge in [-0.3, -0.25) is 9.69 Å². The first-order chi connectivity index (χ1) is 16.9. The second-order valence-electron chi connectivity index (χ2n) is 11.2. The van der Waals surface area contributed by atoms with Crippen LogP contribution in [-0.4, -0.2) is 64.7 Å². The third-order valence-electron chi connectivity index (χ3n) is 9.45. The number of aliphatic hydroxyl groups is 1. The van der Waals surface area contributed by atoms with Crippen LogP contribution in [0.15, 0.2) is 40.2 Å². The Morgan fingerprint density at radius 3 is 2.97 bits per heavy atom. The van der Waals surface area contributed by atoms with E-state index in [9.17, 15) is 9.90 Å². The van der Waals surface area contributed by atoms with E-state index >= 15 is 0 Å². The van der Waals surface area contributed by atoms with Crippen molar-refractivity contribution in [2.24, 2.45) is 5.92 Å². The molecule has 1 amide bonds. The van der Waals surface area contributed by atoms with Gasteiger partial charge in [0.2, 0.25) is 5.91 Å². The summed E-state index contributed by atoms with van der Waals surface area (Å²) in [5, 5.41) is 14.6. The predicted molar refractivity (Wildman–Crippen MR) is 141 cm³/mol. The molecule has 5 aliphatic rings. The van der Waals surface area contributed by atoms with Gasteiger partial charge in [0.25, 0.3) is 0 Å². The third-order valence-corrected chi connectivity index (χ3v) is 11.1. The van der Waals surface area contributed by atoms with Gasteiger partial charge in [-0.2, -0.15) is 0 Å². The fraction of sp³-hybridized carbons (Fsp3) is 0.536. The van der Waals surface area contributed by atoms with Crippen LogP contribution < -0.4 is 4.74 Å². The van der Waals surface area contributed by atoms with Crippen LogP contribution in [0, 0.1) is 5.92 Å². The number of halogens is 1. The number of likely N-dealkylation sites (tertiary alicyclic amines) is 1. The van der Waals surface area contributed by atoms with Gasteiger partial charge in [-0.25, -0.2) is 0 Å². The number of carbonyl (C=O) groups is 1. The number of rotatable bonds is 5. The van der Waals surface area contributed by atoms with E-state index in [0.29, 0.717) is 6.42 Å². The summed E-state index contributed by atoms with van der Waals surface area (Å²) in [7, 11) is 1.90. The van der Waals surface area contributed by atoms with Crippen molar-refractivity contribution < 1.29 is 14.6 Å². The normalized spacial score (nSPS) is 35.1. The van der Waals surface area contributed by atoms with Crippen LogP contribution in [0.3, 0.4) is 0 Å². The van der Waals surface area contributed by atoms with Crippen LogP contribution in [-0.2, 0) is 16.6 Å². The number of likely N-dealkylation sites (N-methyl/N-ethyl adjacent to an activating group) is 1. The van der Waals surface area contributed by atoms with E-state index in [1.807, 2.05) is 29.5 Å². The van der Waals surface area contributed by atoms with Gasteiger partial charge in [0, 0.05) is 46.0 Å². The quantitative estimate of drug-likeness (QED) is 0.548. The molecule has 2 bridgehead atoms. The first-order valence-corrected chi connectivity index (χ1v) is 14.5. The molecule has 2 saturated carbocycles. The zero-order valence-corrected chi connectivity index (χ0v) is 22.4. The monoisotopic (exact) mass is 554 g/mol. The number of benzene rings is 1. The van der Waals surface area contributed by atoms with E-state index in [4.69, 9.17) is 4.74 Å². The van der Waals surface area contributed by atoms with Crippen LogP contribution >= 0.6 is 27.3 Å². The molecular weight excluding hydrogens is 524 g/mol. The first-order valence-electron chi connectivity index (χ1n) is 12.8. The summed E-state index contributed by atoms with van der Waals surface area (Å²) in [6.45, 7) is 2.10. The van der Waals surface area contributed by atoms with Crippen molar-refractivity contribution in [3.05, 3.63) is 56.2 Å². The molecular formula is C28H31BrN2O3S. The lowest BCUT2D eigenvalue weighted by Crippen LogP contribution is -2.78. The number of ether oxygens (including phenoxy) is 1. The van der Waals surface area contributed by atoms with Gasteiger partial charge in [0.05, 0.1) is 17.1 Å². The molecule has 7 heteroatoms. The Morgan fingerprint density at radius 1 is 1.34 bits per heavy atom. The molecule has 1 saturated heterocycles. The van der Waals surface area contributed by atoms with E-state index < -0.39 is 11.0 Å². The highest BCUT2D eigenvalue weighted by Crippen LogP contribution is 2.64. The van der Waals surface area contributed by atoms with Gasteiger partial charge in [0.15, 0.2) is 0 Å². The zero-order chi connectivity index (χ0) is 23.9. The molecule has 2 aliphatic heterocycles. The maximum Gasteiger partial charge on any atom is 0.246 e. The van der Waals surface area contributed by atoms with Crippen molar-refractivity contribution in [1.82, 2.24) is 9.80 Å². The van der Waals surface area contributed by atoms with E-state index in [1.54, 1.807) is 17.4 Å². The Bertz CT molecular complexity index is 1220. The summed E-state index contributed by atoms with van der Waals surface area (Å²) >= 11 is 5.09. The lowest BCUT2D eigenvalue weighted by atomic mass is 9.48. The molecule has 0 unspecified atom stereocenters. The van der Waals surface area contributed by atoms with Crippen molar-refractivity contribution >= 4 is 39.2 Å². The SMILES string of the molecule is CN(C(=O)/C=C/c1cc(Br)cs1)[C@H]1CC[C@@]2(O)[C@H]3Cc4cccc5c4[C@@]2(CCN3CC2CC2)[C@H]1O5. The number of hydrogen-bond donors (Lipinski definition) is 1. The molecule has 3 fully saturated rings. The standard InChI is InChI=1S/C28H31BrN2O3S/c1-30(24(32)8-7-20-14-19(29)16-35-20)21-9-10-28(33)23-13-18-3-2-4-22-25(18)27(28,26(21)34-22)11-12-31(23)15-17-5-6-17/h2-4,7-8,14,16-17,21,23,26,33H,5-6,9-13,15H2,1H3/b8-7+/t21-,23+,26-,27-,28+/m0/s1. The molecule has 3 heterocycles. The summed E-state index contributed by atoms with van der Waals surface area (Å²) in [5.41, 5.74) is 1.31. The molecule has 35 heavy (non-hydrogen) atoms. The molecule has 3 aliphatic carbocycles. The second kappa shape index (κ2) is 7.91. The molecule has 1 aromatic heterocycles. The van der Waals surface area contributed by atoms with Crippen LogP contribution in [0.1, 0.15) is 48.1 Å². The van der Waals surface area contributed by atoms with E-state index in [2.05, 4.69) is 39.0 Å². The molecule has 5 nitrogen and oxygen atoms in total. The van der Waals surface area contributed by atoms with Crippen molar-refractivity contribution in [2.75, 3.05) is 20.1 Å². The van der Waals surface area contributed by atoms with Crippen molar-refractivity contribution in [3.8, 4) is 5.75 Å². The average molecular weight is 556 g/mol. The summed E-state index contributed by atoms with van der Waals surface area (Å²) in [4.78, 5) is 18.8. The highest BCUT2D eigenvalue weighted by Gasteiger charge is 2.73. The van der Waals surface area contributed by atoms with E-state index in [1.165, 1.54) is 24.0 Å². The van der Waals surface area contributed by atoms with Gasteiger partial charge in [-0.1, -0.05) is 12.1 Å². The van der Waals surface area contributed by atoms with Crippen LogP contribution in [0.2, 0.25) is 0 Å². The highest BCUT2D eigenvalue weighted by molar-refractivity contribution is 9.10. The molecule has 0 radical (unpaired) electrons. The Kier molecular flexibility index (Phi) is 5.09. The fourth-order valence-electron chi connectivity index (χ4n) is 7.67. The summed E-state index contributed by atoms with van der Waals surface area (Å²) in [5.74, 6) is 1.71. The molecule has 1 spiro atoms. The van der Waals surface area contributed by atoms with Gasteiger partial charge in [-0.15, -0.1) is 11.3 Å². The Morgan fingerprint density at radius 2 is 2.20 bits per heavy atom. The topological polar surface area (TPSA) is 53.0 Å². The summed E-state index contributed by atoms with van der Waals surface area (Å²) in [6.07, 6.45) is 9.22. The lowest BCUT2D eigenvalue weighted by Gasteiger charge is -2.64. The number of hydrogen-bond acceptors (Lipinski definition) is 5. The fourth-order valence-corrected chi connectivity index (χ4v) is 9.01. The molecule has 7 rings (SSSR count). The van der Waals surface area contributed by atoms with Crippen molar-refractivity contribution in [1.29, 1.82) is 0 Å². The van der Waals surface area contributed by atoms with E-state index in [0.717, 1.165) is 53.4 Å².